The maximum Gasteiger partial charge on any atom is 0.330 e. The normalized spacial score (nSPS) is 15.7. The van der Waals surface area contributed by atoms with Gasteiger partial charge in [-0.15, -0.1) is 0 Å². The highest BCUT2D eigenvalue weighted by molar-refractivity contribution is 8.14. The average molecular weight is 602 g/mol. The molecule has 3 atom stereocenters. The highest BCUT2D eigenvalue weighted by atomic mass is 32.2. The van der Waals surface area contributed by atoms with E-state index in [1.54, 1.807) is 6.92 Å². The Kier molecular flexibility index (Phi) is 15.4. The van der Waals surface area contributed by atoms with E-state index in [0.717, 1.165) is 36.8 Å². The molecule has 9 nitrogen and oxygen atoms in total. The molecule has 232 valence electrons. The fourth-order valence-corrected chi connectivity index (χ4v) is 6.01. The minimum Gasteiger partial charge on any atom is -0.463 e. The van der Waals surface area contributed by atoms with Crippen molar-refractivity contribution < 1.29 is 28.7 Å². The molecule has 1 aliphatic rings. The Bertz CT molecular complexity index is 1080. The van der Waals surface area contributed by atoms with Crippen molar-refractivity contribution >= 4 is 40.6 Å². The Morgan fingerprint density at radius 1 is 1.07 bits per heavy atom. The summed E-state index contributed by atoms with van der Waals surface area (Å²) in [4.78, 5) is 63.5. The fraction of sp³-hybridized carbons (Fsp3) is 0.594. The van der Waals surface area contributed by atoms with Crippen LogP contribution in [0.1, 0.15) is 83.3 Å². The van der Waals surface area contributed by atoms with E-state index in [1.165, 1.54) is 23.9 Å². The summed E-state index contributed by atoms with van der Waals surface area (Å²) in [6.45, 7) is 7.85. The van der Waals surface area contributed by atoms with Gasteiger partial charge in [-0.2, -0.15) is 0 Å². The molecule has 1 fully saturated rings. The number of carbonyl (C=O) groups is 5. The van der Waals surface area contributed by atoms with Crippen molar-refractivity contribution in [2.45, 2.75) is 103 Å². The van der Waals surface area contributed by atoms with Gasteiger partial charge >= 0.3 is 5.97 Å². The third-order valence-electron chi connectivity index (χ3n) is 7.17. The minimum absolute atomic E-state index is 0.000820. The SMILES string of the molecule is CCOC(=O)C=CC(CCC(N)=O)NC(=O)C(CC(=O)C(CC(C)C)NC(=O)SC1CCCC1)Cc1ccc(C)cc1. The van der Waals surface area contributed by atoms with Crippen molar-refractivity contribution in [3.63, 3.8) is 0 Å². The number of carbonyl (C=O) groups excluding carboxylic acids is 5. The number of rotatable bonds is 17. The van der Waals surface area contributed by atoms with E-state index in [2.05, 4.69) is 10.6 Å². The smallest absolute Gasteiger partial charge is 0.330 e. The van der Waals surface area contributed by atoms with Gasteiger partial charge in [0, 0.05) is 36.1 Å². The van der Waals surface area contributed by atoms with E-state index in [1.807, 2.05) is 45.0 Å². The predicted octanol–water partition coefficient (Wildman–Crippen LogP) is 4.78. The lowest BCUT2D eigenvalue weighted by molar-refractivity contribution is -0.137. The number of nitrogens with one attached hydrogen (secondary N) is 2. The van der Waals surface area contributed by atoms with Crippen LogP contribution in [0.15, 0.2) is 36.4 Å². The van der Waals surface area contributed by atoms with E-state index in [9.17, 15) is 24.0 Å². The van der Waals surface area contributed by atoms with Crippen LogP contribution in [0.3, 0.4) is 0 Å². The second-order valence-corrected chi connectivity index (χ2v) is 12.7. The van der Waals surface area contributed by atoms with Crippen molar-refractivity contribution in [1.82, 2.24) is 10.6 Å². The summed E-state index contributed by atoms with van der Waals surface area (Å²) in [5.74, 6) is -2.26. The molecule has 3 amide bonds. The maximum absolute atomic E-state index is 13.7. The van der Waals surface area contributed by atoms with Crippen molar-refractivity contribution in [2.75, 3.05) is 6.61 Å². The molecule has 1 aromatic rings. The first-order valence-electron chi connectivity index (χ1n) is 15.0. The first-order chi connectivity index (χ1) is 20.0. The monoisotopic (exact) mass is 601 g/mol. The maximum atomic E-state index is 13.7. The molecular formula is C32H47N3O6S. The molecule has 0 spiro atoms. The standard InChI is InChI=1S/C32H47N3O6S/c1-5-41-30(38)17-15-25(14-16-29(33)37)34-31(39)24(19-23-12-10-22(4)11-13-23)20-28(36)27(18-21(2)3)35-32(40)42-26-8-6-7-9-26/h10-13,15,17,21,24-27H,5-9,14,16,18-20H2,1-4H3,(H2,33,37)(H,34,39)(H,35,40). The highest BCUT2D eigenvalue weighted by Crippen LogP contribution is 2.30. The Morgan fingerprint density at radius 3 is 2.33 bits per heavy atom. The van der Waals surface area contributed by atoms with E-state index in [0.29, 0.717) is 12.8 Å². The van der Waals surface area contributed by atoms with E-state index >= 15 is 0 Å². The van der Waals surface area contributed by atoms with Crippen molar-refractivity contribution in [2.24, 2.45) is 17.6 Å². The molecule has 0 aromatic heterocycles. The number of ketones is 1. The largest absolute Gasteiger partial charge is 0.463 e. The van der Waals surface area contributed by atoms with Crippen LogP contribution in [0.2, 0.25) is 0 Å². The summed E-state index contributed by atoms with van der Waals surface area (Å²) in [5, 5.41) is 5.91. The van der Waals surface area contributed by atoms with Gasteiger partial charge in [-0.1, -0.05) is 74.4 Å². The van der Waals surface area contributed by atoms with Crippen LogP contribution in [0.4, 0.5) is 4.79 Å². The van der Waals surface area contributed by atoms with Gasteiger partial charge in [0.05, 0.1) is 12.6 Å². The van der Waals surface area contributed by atoms with Gasteiger partial charge < -0.3 is 21.1 Å². The molecule has 3 unspecified atom stereocenters. The summed E-state index contributed by atoms with van der Waals surface area (Å²) in [7, 11) is 0. The molecule has 1 saturated carbocycles. The van der Waals surface area contributed by atoms with Crippen LogP contribution in [0, 0.1) is 18.8 Å². The molecule has 0 radical (unpaired) electrons. The molecule has 0 bridgehead atoms. The zero-order chi connectivity index (χ0) is 31.1. The lowest BCUT2D eigenvalue weighted by Gasteiger charge is -2.24. The Balaban J connectivity index is 2.23. The van der Waals surface area contributed by atoms with E-state index < -0.39 is 29.9 Å². The molecule has 0 aliphatic heterocycles. The number of amides is 3. The summed E-state index contributed by atoms with van der Waals surface area (Å²) in [6, 6.07) is 6.39. The van der Waals surface area contributed by atoms with Crippen LogP contribution in [0.5, 0.6) is 0 Å². The minimum atomic E-state index is -0.735. The van der Waals surface area contributed by atoms with Crippen LogP contribution < -0.4 is 16.4 Å². The lowest BCUT2D eigenvalue weighted by atomic mass is 9.88. The third-order valence-corrected chi connectivity index (χ3v) is 8.30. The lowest BCUT2D eigenvalue weighted by Crippen LogP contribution is -2.44. The number of benzene rings is 1. The molecule has 0 saturated heterocycles. The quantitative estimate of drug-likeness (QED) is 0.172. The number of hydrogen-bond acceptors (Lipinski definition) is 7. The fourth-order valence-electron chi connectivity index (χ4n) is 4.93. The van der Waals surface area contributed by atoms with Crippen LogP contribution in [-0.2, 0) is 30.3 Å². The van der Waals surface area contributed by atoms with Gasteiger partial charge in [-0.3, -0.25) is 19.2 Å². The zero-order valence-electron chi connectivity index (χ0n) is 25.4. The molecule has 2 rings (SSSR count). The topological polar surface area (TPSA) is 145 Å². The Morgan fingerprint density at radius 2 is 1.74 bits per heavy atom. The van der Waals surface area contributed by atoms with Crippen molar-refractivity contribution in [3.05, 3.63) is 47.5 Å². The molecule has 1 aromatic carbocycles. The number of aryl methyl sites for hydroxylation is 1. The van der Waals surface area contributed by atoms with E-state index in [4.69, 9.17) is 10.5 Å². The average Bonchev–Trinajstić information content (AvgIpc) is 3.43. The first kappa shape index (κ1) is 35.1. The van der Waals surface area contributed by atoms with Gasteiger partial charge in [0.15, 0.2) is 5.78 Å². The molecular weight excluding hydrogens is 554 g/mol. The Labute approximate surface area is 254 Å². The summed E-state index contributed by atoms with van der Waals surface area (Å²) in [5.41, 5.74) is 7.30. The zero-order valence-corrected chi connectivity index (χ0v) is 26.2. The van der Waals surface area contributed by atoms with Gasteiger partial charge in [0.1, 0.15) is 0 Å². The number of ether oxygens (including phenoxy) is 1. The number of primary amides is 1. The number of thioether (sulfide) groups is 1. The summed E-state index contributed by atoms with van der Waals surface area (Å²) >= 11 is 1.27. The van der Waals surface area contributed by atoms with Crippen LogP contribution >= 0.6 is 11.8 Å². The second-order valence-electron chi connectivity index (χ2n) is 11.4. The van der Waals surface area contributed by atoms with Crippen molar-refractivity contribution in [3.8, 4) is 0 Å². The third kappa shape index (κ3) is 13.7. The number of esters is 1. The number of nitrogens with two attached hydrogens (primary N) is 1. The molecule has 4 N–H and O–H groups in total. The highest BCUT2D eigenvalue weighted by Gasteiger charge is 2.30. The number of hydrogen-bond donors (Lipinski definition) is 3. The van der Waals surface area contributed by atoms with Gasteiger partial charge in [0.25, 0.3) is 5.24 Å². The van der Waals surface area contributed by atoms with Gasteiger partial charge in [0.2, 0.25) is 11.8 Å². The number of Topliss-reactive ketones (excluding diaryl/α,β-unsaturated/α-hetero) is 1. The van der Waals surface area contributed by atoms with Gasteiger partial charge in [-0.25, -0.2) is 4.79 Å². The second kappa shape index (κ2) is 18.4. The summed E-state index contributed by atoms with van der Waals surface area (Å²) in [6.07, 6.45) is 7.82. The van der Waals surface area contributed by atoms with Gasteiger partial charge in [-0.05, 0) is 57.4 Å². The van der Waals surface area contributed by atoms with Crippen LogP contribution in [0.25, 0.3) is 0 Å². The summed E-state index contributed by atoms with van der Waals surface area (Å²) < 4.78 is 4.93. The molecule has 10 heteroatoms. The van der Waals surface area contributed by atoms with E-state index in [-0.39, 0.29) is 54.0 Å². The first-order valence-corrected chi connectivity index (χ1v) is 15.8. The molecule has 42 heavy (non-hydrogen) atoms. The van der Waals surface area contributed by atoms with Crippen LogP contribution in [-0.4, -0.2) is 52.7 Å². The predicted molar refractivity (Wildman–Crippen MR) is 166 cm³/mol. The Hall–Kier alpha value is -3.14. The molecule has 1 aliphatic carbocycles. The van der Waals surface area contributed by atoms with Crippen molar-refractivity contribution in [1.29, 1.82) is 0 Å². The molecule has 0 heterocycles.